The Morgan fingerprint density at radius 3 is 2.65 bits per heavy atom. The molecule has 0 saturated carbocycles. The van der Waals surface area contributed by atoms with E-state index in [0.717, 1.165) is 12.2 Å². The van der Waals surface area contributed by atoms with Gasteiger partial charge < -0.3 is 10.5 Å². The van der Waals surface area contributed by atoms with Crippen LogP contribution in [0.1, 0.15) is 12.1 Å². The van der Waals surface area contributed by atoms with Crippen molar-refractivity contribution in [2.24, 2.45) is 0 Å². The Labute approximate surface area is 103 Å². The fourth-order valence-corrected chi connectivity index (χ4v) is 1.47. The number of benzene rings is 1. The largest absolute Gasteiger partial charge is 0.494 e. The van der Waals surface area contributed by atoms with Gasteiger partial charge in [0.15, 0.2) is 5.82 Å². The first kappa shape index (κ1) is 11.7. The second kappa shape index (κ2) is 5.54. The highest BCUT2D eigenvalue weighted by Gasteiger charge is 2.05. The number of aryl methyl sites for hydroxylation is 1. The summed E-state index contributed by atoms with van der Waals surface area (Å²) in [5, 5.41) is 7.88. The SMILES string of the molecule is Nc1nonc1CCCOc1ccc(Cl)cc1. The van der Waals surface area contributed by atoms with Crippen LogP contribution in [0.3, 0.4) is 0 Å². The van der Waals surface area contributed by atoms with Gasteiger partial charge in [-0.1, -0.05) is 16.8 Å². The summed E-state index contributed by atoms with van der Waals surface area (Å²) in [7, 11) is 0. The summed E-state index contributed by atoms with van der Waals surface area (Å²) in [6, 6.07) is 7.23. The monoisotopic (exact) mass is 253 g/mol. The number of aromatic nitrogens is 2. The van der Waals surface area contributed by atoms with Gasteiger partial charge in [0.2, 0.25) is 0 Å². The van der Waals surface area contributed by atoms with Gasteiger partial charge >= 0.3 is 0 Å². The number of anilines is 1. The lowest BCUT2D eigenvalue weighted by Crippen LogP contribution is -2.01. The molecule has 0 atom stereocenters. The van der Waals surface area contributed by atoms with E-state index in [9.17, 15) is 0 Å². The molecule has 0 unspecified atom stereocenters. The van der Waals surface area contributed by atoms with Crippen molar-refractivity contribution in [1.82, 2.24) is 10.3 Å². The van der Waals surface area contributed by atoms with Gasteiger partial charge in [0, 0.05) is 11.4 Å². The molecule has 0 spiro atoms. The minimum Gasteiger partial charge on any atom is -0.494 e. The van der Waals surface area contributed by atoms with Crippen LogP contribution in [-0.4, -0.2) is 16.9 Å². The summed E-state index contributed by atoms with van der Waals surface area (Å²) in [6.07, 6.45) is 1.48. The highest BCUT2D eigenvalue weighted by Crippen LogP contribution is 2.16. The van der Waals surface area contributed by atoms with E-state index in [2.05, 4.69) is 14.9 Å². The van der Waals surface area contributed by atoms with Crippen LogP contribution in [0.25, 0.3) is 0 Å². The maximum Gasteiger partial charge on any atom is 0.191 e. The lowest BCUT2D eigenvalue weighted by molar-refractivity contribution is 0.296. The number of halogens is 1. The van der Waals surface area contributed by atoms with Gasteiger partial charge in [-0.3, -0.25) is 0 Å². The third-order valence-corrected chi connectivity index (χ3v) is 2.48. The number of nitrogen functional groups attached to an aromatic ring is 1. The number of ether oxygens (including phenoxy) is 1. The summed E-state index contributed by atoms with van der Waals surface area (Å²) in [6.45, 7) is 0.577. The number of nitrogens with two attached hydrogens (primary N) is 1. The smallest absolute Gasteiger partial charge is 0.191 e. The lowest BCUT2D eigenvalue weighted by Gasteiger charge is -2.04. The van der Waals surface area contributed by atoms with Gasteiger partial charge in [0.25, 0.3) is 0 Å². The third-order valence-electron chi connectivity index (χ3n) is 2.23. The lowest BCUT2D eigenvalue weighted by atomic mass is 10.2. The topological polar surface area (TPSA) is 74.2 Å². The number of hydrogen-bond acceptors (Lipinski definition) is 5. The zero-order valence-corrected chi connectivity index (χ0v) is 9.85. The Hall–Kier alpha value is -1.75. The highest BCUT2D eigenvalue weighted by atomic mass is 35.5. The third kappa shape index (κ3) is 3.35. The van der Waals surface area contributed by atoms with Crippen molar-refractivity contribution in [1.29, 1.82) is 0 Å². The first-order chi connectivity index (χ1) is 8.25. The average Bonchev–Trinajstić information content (AvgIpc) is 2.73. The van der Waals surface area contributed by atoms with E-state index in [-0.39, 0.29) is 0 Å². The molecule has 0 bridgehead atoms. The molecule has 2 aromatic rings. The second-order valence-electron chi connectivity index (χ2n) is 3.50. The van der Waals surface area contributed by atoms with Crippen LogP contribution in [0.4, 0.5) is 5.82 Å². The quantitative estimate of drug-likeness (QED) is 0.828. The van der Waals surface area contributed by atoms with E-state index in [1.807, 2.05) is 12.1 Å². The zero-order chi connectivity index (χ0) is 12.1. The van der Waals surface area contributed by atoms with Gasteiger partial charge in [-0.15, -0.1) is 0 Å². The molecular formula is C11H12ClN3O2. The van der Waals surface area contributed by atoms with Crippen molar-refractivity contribution in [2.75, 3.05) is 12.3 Å². The van der Waals surface area contributed by atoms with Crippen molar-refractivity contribution < 1.29 is 9.37 Å². The number of rotatable bonds is 5. The summed E-state index contributed by atoms with van der Waals surface area (Å²) in [4.78, 5) is 0. The summed E-state index contributed by atoms with van der Waals surface area (Å²) in [5.41, 5.74) is 6.20. The fourth-order valence-electron chi connectivity index (χ4n) is 1.35. The van der Waals surface area contributed by atoms with E-state index in [1.165, 1.54) is 0 Å². The van der Waals surface area contributed by atoms with E-state index >= 15 is 0 Å². The average molecular weight is 254 g/mol. The van der Waals surface area contributed by atoms with Crippen LogP contribution in [0, 0.1) is 0 Å². The molecule has 6 heteroatoms. The molecular weight excluding hydrogens is 242 g/mol. The minimum absolute atomic E-state index is 0.344. The van der Waals surface area contributed by atoms with Gasteiger partial charge in [-0.05, 0) is 35.8 Å². The standard InChI is InChI=1S/C11H12ClN3O2/c12-8-3-5-9(6-4-8)16-7-1-2-10-11(13)15-17-14-10/h3-6H,1-2,7H2,(H2,13,15). The van der Waals surface area contributed by atoms with Crippen LogP contribution in [-0.2, 0) is 6.42 Å². The molecule has 0 fully saturated rings. The summed E-state index contributed by atoms with van der Waals surface area (Å²) >= 11 is 5.76. The molecule has 17 heavy (non-hydrogen) atoms. The highest BCUT2D eigenvalue weighted by molar-refractivity contribution is 6.30. The van der Waals surface area contributed by atoms with E-state index in [4.69, 9.17) is 22.1 Å². The van der Waals surface area contributed by atoms with Crippen molar-refractivity contribution in [3.8, 4) is 5.75 Å². The van der Waals surface area contributed by atoms with Crippen molar-refractivity contribution in [3.63, 3.8) is 0 Å². The molecule has 0 aliphatic heterocycles. The molecule has 0 saturated heterocycles. The van der Waals surface area contributed by atoms with Crippen LogP contribution in [0.2, 0.25) is 5.02 Å². The Balaban J connectivity index is 1.73. The molecule has 2 N–H and O–H groups in total. The Kier molecular flexibility index (Phi) is 3.82. The predicted octanol–water partition coefficient (Wildman–Crippen LogP) is 2.32. The maximum absolute atomic E-state index is 5.76. The maximum atomic E-state index is 5.76. The zero-order valence-electron chi connectivity index (χ0n) is 9.10. The predicted molar refractivity (Wildman–Crippen MR) is 64.0 cm³/mol. The van der Waals surface area contributed by atoms with Gasteiger partial charge in [0.1, 0.15) is 11.4 Å². The minimum atomic E-state index is 0.344. The van der Waals surface area contributed by atoms with Crippen molar-refractivity contribution >= 4 is 17.4 Å². The van der Waals surface area contributed by atoms with E-state index in [0.29, 0.717) is 29.6 Å². The first-order valence-electron chi connectivity index (χ1n) is 5.21. The normalized spacial score (nSPS) is 10.4. The van der Waals surface area contributed by atoms with Gasteiger partial charge in [-0.25, -0.2) is 4.63 Å². The molecule has 1 aromatic heterocycles. The molecule has 0 radical (unpaired) electrons. The van der Waals surface area contributed by atoms with Crippen LogP contribution in [0.15, 0.2) is 28.9 Å². The van der Waals surface area contributed by atoms with Gasteiger partial charge in [0.05, 0.1) is 6.61 Å². The van der Waals surface area contributed by atoms with Crippen LogP contribution >= 0.6 is 11.6 Å². The summed E-state index contributed by atoms with van der Waals surface area (Å²) in [5.74, 6) is 1.14. The Morgan fingerprint density at radius 1 is 1.24 bits per heavy atom. The number of nitrogens with zero attached hydrogens (tertiary/aromatic N) is 2. The molecule has 1 heterocycles. The molecule has 0 aliphatic rings. The number of hydrogen-bond donors (Lipinski definition) is 1. The Bertz CT molecular complexity index is 470. The fraction of sp³-hybridized carbons (Fsp3) is 0.273. The molecule has 2 rings (SSSR count). The molecule has 90 valence electrons. The molecule has 5 nitrogen and oxygen atoms in total. The van der Waals surface area contributed by atoms with Crippen molar-refractivity contribution in [3.05, 3.63) is 35.0 Å². The second-order valence-corrected chi connectivity index (χ2v) is 3.94. The van der Waals surface area contributed by atoms with E-state index < -0.39 is 0 Å². The molecule has 1 aromatic carbocycles. The molecule has 0 aliphatic carbocycles. The van der Waals surface area contributed by atoms with Crippen LogP contribution < -0.4 is 10.5 Å². The Morgan fingerprint density at radius 2 is 2.00 bits per heavy atom. The van der Waals surface area contributed by atoms with Gasteiger partial charge in [-0.2, -0.15) is 0 Å². The first-order valence-corrected chi connectivity index (χ1v) is 5.59. The van der Waals surface area contributed by atoms with Crippen molar-refractivity contribution in [2.45, 2.75) is 12.8 Å². The van der Waals surface area contributed by atoms with E-state index in [1.54, 1.807) is 12.1 Å². The summed E-state index contributed by atoms with van der Waals surface area (Å²) < 4.78 is 10.0. The van der Waals surface area contributed by atoms with Crippen LogP contribution in [0.5, 0.6) is 5.75 Å². The molecule has 0 amide bonds.